The lowest BCUT2D eigenvalue weighted by Gasteiger charge is -2.03. The van der Waals surface area contributed by atoms with Crippen molar-refractivity contribution in [3.05, 3.63) is 40.4 Å². The van der Waals surface area contributed by atoms with Crippen LogP contribution in [-0.2, 0) is 0 Å². The number of nitrogens with zero attached hydrogens (tertiary/aromatic N) is 2. The number of nitrogens with one attached hydrogen (secondary N) is 1. The number of benzene rings is 1. The predicted molar refractivity (Wildman–Crippen MR) is 75.7 cm³/mol. The van der Waals surface area contributed by atoms with Crippen LogP contribution in [0.25, 0.3) is 22.2 Å². The number of aryl methyl sites for hydroxylation is 1. The van der Waals surface area contributed by atoms with Crippen molar-refractivity contribution in [1.29, 1.82) is 0 Å². The van der Waals surface area contributed by atoms with Gasteiger partial charge in [0.15, 0.2) is 0 Å². The lowest BCUT2D eigenvalue weighted by Crippen LogP contribution is -1.88. The number of fused-ring (bicyclic) bond motifs is 1. The predicted octanol–water partition coefficient (Wildman–Crippen LogP) is 3.95. The Bertz CT molecular complexity index is 783. The van der Waals surface area contributed by atoms with Crippen LogP contribution in [0.4, 0.5) is 0 Å². The van der Waals surface area contributed by atoms with Crippen molar-refractivity contribution in [2.75, 3.05) is 0 Å². The van der Waals surface area contributed by atoms with Gasteiger partial charge >= 0.3 is 0 Å². The summed E-state index contributed by atoms with van der Waals surface area (Å²) in [6, 6.07) is 3.74. The van der Waals surface area contributed by atoms with E-state index in [2.05, 4.69) is 15.0 Å². The fourth-order valence-electron chi connectivity index (χ4n) is 2.02. The molecule has 0 saturated carbocycles. The topological polar surface area (TPSA) is 61.8 Å². The zero-order chi connectivity index (χ0) is 13.6. The average Bonchev–Trinajstić information content (AvgIpc) is 2.81. The molecule has 0 aliphatic rings. The normalized spacial score (nSPS) is 11.1. The Labute approximate surface area is 119 Å². The van der Waals surface area contributed by atoms with Crippen molar-refractivity contribution < 1.29 is 5.11 Å². The molecule has 0 radical (unpaired) electrons. The molecule has 0 saturated heterocycles. The number of hydrogen-bond donors (Lipinski definition) is 2. The lowest BCUT2D eigenvalue weighted by molar-refractivity contribution is 0.476. The van der Waals surface area contributed by atoms with Crippen LogP contribution in [0, 0.1) is 6.92 Å². The van der Waals surface area contributed by atoms with Gasteiger partial charge in [0.2, 0.25) is 5.28 Å². The number of aromatic amines is 1. The minimum atomic E-state index is 0.130. The maximum Gasteiger partial charge on any atom is 0.222 e. The van der Waals surface area contributed by atoms with Gasteiger partial charge in [-0.3, -0.25) is 0 Å². The van der Waals surface area contributed by atoms with Crippen LogP contribution in [0.15, 0.2) is 24.5 Å². The molecule has 3 aromatic rings. The van der Waals surface area contributed by atoms with Gasteiger partial charge in [-0.05, 0) is 24.1 Å². The number of hydrogen-bond acceptors (Lipinski definition) is 3. The minimum absolute atomic E-state index is 0.130. The number of aromatic nitrogens is 3. The molecule has 0 unspecified atom stereocenters. The number of phenols is 1. The zero-order valence-electron chi connectivity index (χ0n) is 9.91. The average molecular weight is 294 g/mol. The summed E-state index contributed by atoms with van der Waals surface area (Å²) in [5, 5.41) is 11.4. The molecule has 2 N–H and O–H groups in total. The van der Waals surface area contributed by atoms with Crippen LogP contribution in [0.1, 0.15) is 5.56 Å². The van der Waals surface area contributed by atoms with Crippen LogP contribution >= 0.6 is 23.2 Å². The molecule has 2 heterocycles. The van der Waals surface area contributed by atoms with E-state index in [9.17, 15) is 5.11 Å². The zero-order valence-corrected chi connectivity index (χ0v) is 11.4. The summed E-state index contributed by atoms with van der Waals surface area (Å²) in [5.41, 5.74) is 2.77. The lowest BCUT2D eigenvalue weighted by atomic mass is 10.1. The molecule has 4 nitrogen and oxygen atoms in total. The van der Waals surface area contributed by atoms with Crippen molar-refractivity contribution in [3.63, 3.8) is 0 Å². The van der Waals surface area contributed by atoms with Crippen molar-refractivity contribution in [1.82, 2.24) is 15.0 Å². The Hall–Kier alpha value is -1.78. The van der Waals surface area contributed by atoms with Gasteiger partial charge in [-0.2, -0.15) is 0 Å². The molecule has 19 heavy (non-hydrogen) atoms. The Morgan fingerprint density at radius 3 is 2.84 bits per heavy atom. The number of aromatic hydroxyl groups is 1. The van der Waals surface area contributed by atoms with E-state index >= 15 is 0 Å². The Balaban J connectivity index is 2.32. The first-order valence-electron chi connectivity index (χ1n) is 5.56. The molecule has 1 aromatic carbocycles. The first kappa shape index (κ1) is 12.3. The summed E-state index contributed by atoms with van der Waals surface area (Å²) in [4.78, 5) is 11.0. The Morgan fingerprint density at radius 1 is 1.26 bits per heavy atom. The van der Waals surface area contributed by atoms with Crippen molar-refractivity contribution in [3.8, 4) is 17.0 Å². The molecule has 2 aromatic heterocycles. The fraction of sp³-hybridized carbons (Fsp3) is 0.0769. The van der Waals surface area contributed by atoms with Gasteiger partial charge in [0.1, 0.15) is 5.75 Å². The van der Waals surface area contributed by atoms with Crippen LogP contribution in [0.5, 0.6) is 5.75 Å². The molecule has 0 fully saturated rings. The van der Waals surface area contributed by atoms with Gasteiger partial charge in [0, 0.05) is 17.1 Å². The highest BCUT2D eigenvalue weighted by Crippen LogP contribution is 2.36. The quantitative estimate of drug-likeness (QED) is 0.668. The van der Waals surface area contributed by atoms with E-state index in [4.69, 9.17) is 23.2 Å². The van der Waals surface area contributed by atoms with Crippen molar-refractivity contribution >= 4 is 34.1 Å². The van der Waals surface area contributed by atoms with E-state index in [0.29, 0.717) is 16.2 Å². The first-order valence-corrected chi connectivity index (χ1v) is 6.31. The summed E-state index contributed by atoms with van der Waals surface area (Å²) >= 11 is 11.9. The van der Waals surface area contributed by atoms with Gasteiger partial charge in [0.05, 0.1) is 22.4 Å². The molecular formula is C13H9Cl2N3O. The minimum Gasteiger partial charge on any atom is -0.505 e. The third-order valence-corrected chi connectivity index (χ3v) is 3.46. The molecule has 0 spiro atoms. The molecule has 3 rings (SSSR count). The van der Waals surface area contributed by atoms with E-state index in [1.807, 2.05) is 19.1 Å². The number of halogens is 2. The molecule has 0 bridgehead atoms. The summed E-state index contributed by atoms with van der Waals surface area (Å²) in [6.07, 6.45) is 3.20. The summed E-state index contributed by atoms with van der Waals surface area (Å²) in [7, 11) is 0. The molecule has 0 amide bonds. The van der Waals surface area contributed by atoms with Gasteiger partial charge in [-0.25, -0.2) is 9.97 Å². The maximum absolute atomic E-state index is 10.0. The highest BCUT2D eigenvalue weighted by molar-refractivity contribution is 6.34. The van der Waals surface area contributed by atoms with Crippen molar-refractivity contribution in [2.24, 2.45) is 0 Å². The maximum atomic E-state index is 10.0. The van der Waals surface area contributed by atoms with E-state index < -0.39 is 0 Å². The molecule has 0 aliphatic carbocycles. The van der Waals surface area contributed by atoms with E-state index in [0.717, 1.165) is 16.5 Å². The number of rotatable bonds is 1. The Morgan fingerprint density at radius 2 is 2.05 bits per heavy atom. The first-order chi connectivity index (χ1) is 9.08. The largest absolute Gasteiger partial charge is 0.505 e. The second kappa shape index (κ2) is 4.40. The van der Waals surface area contributed by atoms with Gasteiger partial charge in [-0.1, -0.05) is 23.7 Å². The van der Waals surface area contributed by atoms with E-state index in [-0.39, 0.29) is 11.0 Å². The third-order valence-electron chi connectivity index (χ3n) is 3.00. The summed E-state index contributed by atoms with van der Waals surface area (Å²) in [6.45, 7) is 1.84. The number of H-pyrrole nitrogens is 1. The Kier molecular flexibility index (Phi) is 2.84. The molecule has 6 heteroatoms. The summed E-state index contributed by atoms with van der Waals surface area (Å²) in [5.74, 6) is 0.222. The molecular weight excluding hydrogens is 285 g/mol. The highest BCUT2D eigenvalue weighted by atomic mass is 35.5. The second-order valence-electron chi connectivity index (χ2n) is 4.19. The summed E-state index contributed by atoms with van der Waals surface area (Å²) < 4.78 is 0. The van der Waals surface area contributed by atoms with Crippen LogP contribution in [-0.4, -0.2) is 20.1 Å². The number of phenolic OH excluding ortho intramolecular Hbond substituents is 1. The monoisotopic (exact) mass is 293 g/mol. The fourth-order valence-corrected chi connectivity index (χ4v) is 2.34. The molecule has 96 valence electrons. The van der Waals surface area contributed by atoms with Crippen LogP contribution < -0.4 is 0 Å². The SMILES string of the molecule is Cc1ccc2c(-c3nc(Cl)ncc3Cl)c[nH]c2c1O. The third kappa shape index (κ3) is 1.93. The standard InChI is InChI=1S/C13H9Cl2N3O/c1-6-2-3-7-8(4-16-11(7)12(6)19)10-9(14)5-17-13(15)18-10/h2-5,16,19H,1H3. The van der Waals surface area contributed by atoms with Gasteiger partial charge in [-0.15, -0.1) is 0 Å². The second-order valence-corrected chi connectivity index (χ2v) is 4.94. The van der Waals surface area contributed by atoms with Gasteiger partial charge < -0.3 is 10.1 Å². The van der Waals surface area contributed by atoms with E-state index in [1.54, 1.807) is 6.20 Å². The smallest absolute Gasteiger partial charge is 0.222 e. The highest BCUT2D eigenvalue weighted by Gasteiger charge is 2.14. The molecule has 0 atom stereocenters. The van der Waals surface area contributed by atoms with E-state index in [1.165, 1.54) is 6.20 Å². The molecule has 0 aliphatic heterocycles. The van der Waals surface area contributed by atoms with Crippen LogP contribution in [0.3, 0.4) is 0 Å². The van der Waals surface area contributed by atoms with Crippen molar-refractivity contribution in [2.45, 2.75) is 6.92 Å². The van der Waals surface area contributed by atoms with Crippen LogP contribution in [0.2, 0.25) is 10.3 Å². The van der Waals surface area contributed by atoms with Gasteiger partial charge in [0.25, 0.3) is 0 Å².